The maximum absolute atomic E-state index is 12.1. The van der Waals surface area contributed by atoms with Crippen molar-refractivity contribution in [2.45, 2.75) is 12.8 Å². The molecule has 0 saturated carbocycles. The molecule has 0 unspecified atom stereocenters. The molecule has 2 N–H and O–H groups in total. The van der Waals surface area contributed by atoms with Crippen LogP contribution in [0.4, 0.5) is 0 Å². The van der Waals surface area contributed by atoms with Crippen LogP contribution >= 0.6 is 0 Å². The van der Waals surface area contributed by atoms with Gasteiger partial charge in [0.2, 0.25) is 5.91 Å². The predicted molar refractivity (Wildman–Crippen MR) is 98.0 cm³/mol. The van der Waals surface area contributed by atoms with E-state index < -0.39 is 5.97 Å². The summed E-state index contributed by atoms with van der Waals surface area (Å²) in [5.41, 5.74) is 5.99. The van der Waals surface area contributed by atoms with Gasteiger partial charge in [-0.25, -0.2) is 4.79 Å². The van der Waals surface area contributed by atoms with E-state index in [1.165, 1.54) is 20.3 Å². The fraction of sp³-hybridized carbons (Fsp3) is 0.421. The molecule has 2 rings (SSSR count). The number of likely N-dealkylation sites (tertiary alicyclic amines) is 1. The van der Waals surface area contributed by atoms with Gasteiger partial charge >= 0.3 is 5.97 Å². The topological polar surface area (TPSA) is 108 Å². The number of piperidine rings is 1. The Kier molecular flexibility index (Phi) is 7.22. The molecule has 1 aromatic rings. The number of nitrogens with zero attached hydrogens (tertiary/aromatic N) is 1. The Bertz CT molecular complexity index is 723. The van der Waals surface area contributed by atoms with Gasteiger partial charge in [0, 0.05) is 25.1 Å². The lowest BCUT2D eigenvalue weighted by Crippen LogP contribution is -2.43. The number of ether oxygens (including phenoxy) is 3. The third-order valence-corrected chi connectivity index (χ3v) is 4.41. The summed E-state index contributed by atoms with van der Waals surface area (Å²) < 4.78 is 15.3. The number of hydrogen-bond donors (Lipinski definition) is 1. The second kappa shape index (κ2) is 9.61. The van der Waals surface area contributed by atoms with E-state index in [1.807, 2.05) is 0 Å². The van der Waals surface area contributed by atoms with E-state index in [1.54, 1.807) is 29.2 Å². The lowest BCUT2D eigenvalue weighted by molar-refractivity contribution is -0.149. The molecule has 146 valence electrons. The van der Waals surface area contributed by atoms with Crippen LogP contribution in [0.15, 0.2) is 24.3 Å². The number of methoxy groups -OCH3 is 2. The monoisotopic (exact) mass is 376 g/mol. The Morgan fingerprint density at radius 2 is 1.81 bits per heavy atom. The SMILES string of the molecule is COc1ccc(/C=C/C(=O)OCC(=O)N2CCC(C(N)=O)CC2)cc1OC. The fourth-order valence-electron chi connectivity index (χ4n) is 2.81. The number of carbonyl (C=O) groups excluding carboxylic acids is 3. The van der Waals surface area contributed by atoms with Gasteiger partial charge in [0.1, 0.15) is 0 Å². The summed E-state index contributed by atoms with van der Waals surface area (Å²) in [5.74, 6) is -0.309. The summed E-state index contributed by atoms with van der Waals surface area (Å²) in [6.45, 7) is 0.535. The fourth-order valence-corrected chi connectivity index (χ4v) is 2.81. The predicted octanol–water partition coefficient (Wildman–Crippen LogP) is 0.984. The molecule has 1 fully saturated rings. The second-order valence-electron chi connectivity index (χ2n) is 6.11. The van der Waals surface area contributed by atoms with E-state index in [0.717, 1.165) is 5.56 Å². The minimum Gasteiger partial charge on any atom is -0.493 e. The highest BCUT2D eigenvalue weighted by atomic mass is 16.5. The van der Waals surface area contributed by atoms with Crippen LogP contribution in [-0.4, -0.2) is 56.6 Å². The Morgan fingerprint density at radius 3 is 2.41 bits per heavy atom. The average molecular weight is 376 g/mol. The third kappa shape index (κ3) is 5.73. The second-order valence-corrected chi connectivity index (χ2v) is 6.11. The van der Waals surface area contributed by atoms with Gasteiger partial charge < -0.3 is 24.8 Å². The standard InChI is InChI=1S/C19H24N2O6/c1-25-15-5-3-13(11-16(15)26-2)4-6-18(23)27-12-17(22)21-9-7-14(8-10-21)19(20)24/h3-6,11,14H,7-10,12H2,1-2H3,(H2,20,24)/b6-4+. The molecule has 0 atom stereocenters. The van der Waals surface area contributed by atoms with Crippen LogP contribution in [0.5, 0.6) is 11.5 Å². The van der Waals surface area contributed by atoms with E-state index in [-0.39, 0.29) is 24.3 Å². The highest BCUT2D eigenvalue weighted by molar-refractivity contribution is 5.89. The maximum atomic E-state index is 12.1. The summed E-state index contributed by atoms with van der Waals surface area (Å²) in [5, 5.41) is 0. The average Bonchev–Trinajstić information content (AvgIpc) is 2.70. The van der Waals surface area contributed by atoms with Gasteiger partial charge in [0.25, 0.3) is 5.91 Å². The number of hydrogen-bond acceptors (Lipinski definition) is 6. The molecule has 2 amide bonds. The minimum absolute atomic E-state index is 0.193. The van der Waals surface area contributed by atoms with Crippen molar-refractivity contribution in [2.24, 2.45) is 11.7 Å². The van der Waals surface area contributed by atoms with Crippen molar-refractivity contribution < 1.29 is 28.6 Å². The Balaban J connectivity index is 1.81. The zero-order valence-electron chi connectivity index (χ0n) is 15.5. The number of benzene rings is 1. The minimum atomic E-state index is -0.620. The van der Waals surface area contributed by atoms with E-state index in [2.05, 4.69) is 0 Å². The molecule has 1 heterocycles. The van der Waals surface area contributed by atoms with E-state index >= 15 is 0 Å². The number of esters is 1. The van der Waals surface area contributed by atoms with Crippen LogP contribution in [0.25, 0.3) is 6.08 Å². The van der Waals surface area contributed by atoms with Gasteiger partial charge in [0.15, 0.2) is 18.1 Å². The lowest BCUT2D eigenvalue weighted by atomic mass is 9.96. The molecular weight excluding hydrogens is 352 g/mol. The first kappa shape index (κ1) is 20.3. The van der Waals surface area contributed by atoms with Crippen molar-refractivity contribution in [3.05, 3.63) is 29.8 Å². The Morgan fingerprint density at radius 1 is 1.15 bits per heavy atom. The Hall–Kier alpha value is -3.03. The zero-order chi connectivity index (χ0) is 19.8. The van der Waals surface area contributed by atoms with Gasteiger partial charge in [-0.05, 0) is 36.6 Å². The van der Waals surface area contributed by atoms with Crippen LogP contribution in [-0.2, 0) is 19.1 Å². The first-order valence-electron chi connectivity index (χ1n) is 8.58. The molecule has 0 aromatic heterocycles. The summed E-state index contributed by atoms with van der Waals surface area (Å²) in [4.78, 5) is 36.6. The van der Waals surface area contributed by atoms with E-state index in [0.29, 0.717) is 37.4 Å². The molecule has 0 bridgehead atoms. The largest absolute Gasteiger partial charge is 0.493 e. The first-order valence-corrected chi connectivity index (χ1v) is 8.58. The molecule has 1 aliphatic rings. The van der Waals surface area contributed by atoms with E-state index in [4.69, 9.17) is 19.9 Å². The summed E-state index contributed by atoms with van der Waals surface area (Å²) >= 11 is 0. The van der Waals surface area contributed by atoms with Crippen LogP contribution < -0.4 is 15.2 Å². The highest BCUT2D eigenvalue weighted by Gasteiger charge is 2.26. The van der Waals surface area contributed by atoms with Crippen molar-refractivity contribution in [1.29, 1.82) is 0 Å². The van der Waals surface area contributed by atoms with Crippen molar-refractivity contribution in [2.75, 3.05) is 33.9 Å². The Labute approximate surface area is 157 Å². The van der Waals surface area contributed by atoms with Crippen LogP contribution in [0.1, 0.15) is 18.4 Å². The molecule has 1 saturated heterocycles. The molecule has 8 heteroatoms. The summed E-state index contributed by atoms with van der Waals surface area (Å²) in [6, 6.07) is 5.21. The number of nitrogens with two attached hydrogens (primary N) is 1. The van der Waals surface area contributed by atoms with E-state index in [9.17, 15) is 14.4 Å². The molecular formula is C19H24N2O6. The van der Waals surface area contributed by atoms with Crippen molar-refractivity contribution >= 4 is 23.9 Å². The van der Waals surface area contributed by atoms with Gasteiger partial charge in [-0.1, -0.05) is 6.07 Å². The van der Waals surface area contributed by atoms with Crippen LogP contribution in [0.3, 0.4) is 0 Å². The van der Waals surface area contributed by atoms with Crippen LogP contribution in [0.2, 0.25) is 0 Å². The summed E-state index contributed by atoms with van der Waals surface area (Å²) in [7, 11) is 3.07. The normalized spacial score (nSPS) is 14.8. The number of primary amides is 1. The molecule has 8 nitrogen and oxygen atoms in total. The molecule has 0 aliphatic carbocycles. The van der Waals surface area contributed by atoms with Crippen molar-refractivity contribution in [3.8, 4) is 11.5 Å². The van der Waals surface area contributed by atoms with Crippen LogP contribution in [0, 0.1) is 5.92 Å². The van der Waals surface area contributed by atoms with Gasteiger partial charge in [-0.15, -0.1) is 0 Å². The third-order valence-electron chi connectivity index (χ3n) is 4.41. The first-order chi connectivity index (χ1) is 12.9. The maximum Gasteiger partial charge on any atom is 0.331 e. The summed E-state index contributed by atoms with van der Waals surface area (Å²) in [6.07, 6.45) is 3.88. The number of rotatable bonds is 7. The van der Waals surface area contributed by atoms with Crippen molar-refractivity contribution in [3.63, 3.8) is 0 Å². The molecule has 1 aliphatic heterocycles. The lowest BCUT2D eigenvalue weighted by Gasteiger charge is -2.30. The molecule has 0 spiro atoms. The zero-order valence-corrected chi connectivity index (χ0v) is 15.5. The quantitative estimate of drug-likeness (QED) is 0.561. The van der Waals surface area contributed by atoms with Gasteiger partial charge in [-0.3, -0.25) is 9.59 Å². The molecule has 27 heavy (non-hydrogen) atoms. The number of amides is 2. The highest BCUT2D eigenvalue weighted by Crippen LogP contribution is 2.27. The number of carbonyl (C=O) groups is 3. The smallest absolute Gasteiger partial charge is 0.331 e. The van der Waals surface area contributed by atoms with Crippen molar-refractivity contribution in [1.82, 2.24) is 4.90 Å². The molecule has 0 radical (unpaired) electrons. The van der Waals surface area contributed by atoms with Gasteiger partial charge in [-0.2, -0.15) is 0 Å². The molecule has 1 aromatic carbocycles. The van der Waals surface area contributed by atoms with Gasteiger partial charge in [0.05, 0.1) is 14.2 Å².